The van der Waals surface area contributed by atoms with Crippen LogP contribution in [0.25, 0.3) is 0 Å². The molecule has 0 bridgehead atoms. The van der Waals surface area contributed by atoms with Crippen molar-refractivity contribution in [1.29, 1.82) is 0 Å². The van der Waals surface area contributed by atoms with Crippen LogP contribution in [0.15, 0.2) is 12.1 Å². The molecule has 1 aromatic heterocycles. The number of hydrogen-bond donors (Lipinski definition) is 0. The Hall–Kier alpha value is -0.770. The fourth-order valence-electron chi connectivity index (χ4n) is 2.44. The van der Waals surface area contributed by atoms with Gasteiger partial charge in [0.2, 0.25) is 5.91 Å². The zero-order valence-electron chi connectivity index (χ0n) is 10.8. The van der Waals surface area contributed by atoms with Crippen LogP contribution in [0.4, 0.5) is 0 Å². The first-order valence-corrected chi connectivity index (χ1v) is 6.77. The molecule has 1 aromatic rings. The number of nitrogens with zero attached hydrogens (tertiary/aromatic N) is 2. The number of fused-ring (bicyclic) bond motifs is 1. The first-order valence-electron chi connectivity index (χ1n) is 5.98. The van der Waals surface area contributed by atoms with E-state index in [9.17, 15) is 4.79 Å². The fraction of sp³-hybridized carbons (Fsp3) is 0.615. The molecule has 2 heterocycles. The first kappa shape index (κ1) is 12.7. The minimum absolute atomic E-state index is 0.154. The lowest BCUT2D eigenvalue weighted by Gasteiger charge is -2.38. The van der Waals surface area contributed by atoms with Gasteiger partial charge in [-0.2, -0.15) is 0 Å². The summed E-state index contributed by atoms with van der Waals surface area (Å²) in [6.45, 7) is 9.70. The Labute approximate surface area is 111 Å². The highest BCUT2D eigenvalue weighted by molar-refractivity contribution is 9.10. The van der Waals surface area contributed by atoms with Crippen LogP contribution < -0.4 is 0 Å². The molecule has 0 saturated carbocycles. The second-order valence-electron chi connectivity index (χ2n) is 5.20. The molecule has 1 aliphatic heterocycles. The van der Waals surface area contributed by atoms with Gasteiger partial charge >= 0.3 is 0 Å². The van der Waals surface area contributed by atoms with Crippen molar-refractivity contribution >= 4 is 21.8 Å². The smallest absolute Gasteiger partial charge is 0.239 e. The average molecular weight is 299 g/mol. The SMILES string of the molecule is Cc1ccc2n1CCN(C(=O)C(C)(C)Br)C2C. The molecule has 0 aromatic carbocycles. The summed E-state index contributed by atoms with van der Waals surface area (Å²) in [5.41, 5.74) is 2.51. The van der Waals surface area contributed by atoms with Gasteiger partial charge in [0.15, 0.2) is 0 Å². The molecule has 0 spiro atoms. The topological polar surface area (TPSA) is 25.2 Å². The summed E-state index contributed by atoms with van der Waals surface area (Å²) < 4.78 is 1.82. The van der Waals surface area contributed by atoms with Crippen LogP contribution in [-0.2, 0) is 11.3 Å². The molecular formula is C13H19BrN2O. The van der Waals surface area contributed by atoms with Crippen LogP contribution in [0, 0.1) is 6.92 Å². The van der Waals surface area contributed by atoms with E-state index in [1.807, 2.05) is 18.7 Å². The van der Waals surface area contributed by atoms with Gasteiger partial charge in [0.1, 0.15) is 0 Å². The van der Waals surface area contributed by atoms with Crippen LogP contribution in [-0.4, -0.2) is 26.2 Å². The van der Waals surface area contributed by atoms with Gasteiger partial charge in [-0.05, 0) is 39.8 Å². The van der Waals surface area contributed by atoms with Crippen molar-refractivity contribution in [3.63, 3.8) is 0 Å². The molecule has 4 heteroatoms. The maximum atomic E-state index is 12.3. The molecule has 1 atom stereocenters. The maximum Gasteiger partial charge on any atom is 0.239 e. The third-order valence-corrected chi connectivity index (χ3v) is 3.80. The second kappa shape index (κ2) is 4.16. The van der Waals surface area contributed by atoms with Crippen molar-refractivity contribution in [2.75, 3.05) is 6.54 Å². The van der Waals surface area contributed by atoms with E-state index < -0.39 is 4.32 Å². The number of carbonyl (C=O) groups excluding carboxylic acids is 1. The van der Waals surface area contributed by atoms with E-state index in [4.69, 9.17) is 0 Å². The summed E-state index contributed by atoms with van der Waals surface area (Å²) in [4.78, 5) is 14.3. The fourth-order valence-corrected chi connectivity index (χ4v) is 2.67. The molecule has 0 fully saturated rings. The van der Waals surface area contributed by atoms with E-state index in [0.717, 1.165) is 13.1 Å². The summed E-state index contributed by atoms with van der Waals surface area (Å²) in [6.07, 6.45) is 0. The third-order valence-electron chi connectivity index (χ3n) is 3.46. The molecule has 0 saturated heterocycles. The Morgan fingerprint density at radius 3 is 2.65 bits per heavy atom. The Kier molecular flexibility index (Phi) is 3.10. The average Bonchev–Trinajstić information content (AvgIpc) is 2.60. The number of hydrogen-bond acceptors (Lipinski definition) is 1. The number of alkyl halides is 1. The van der Waals surface area contributed by atoms with Gasteiger partial charge in [0.05, 0.1) is 10.4 Å². The van der Waals surface area contributed by atoms with Crippen LogP contribution in [0.2, 0.25) is 0 Å². The van der Waals surface area contributed by atoms with E-state index in [0.29, 0.717) is 0 Å². The van der Waals surface area contributed by atoms with Crippen molar-refractivity contribution in [2.45, 2.75) is 44.6 Å². The Morgan fingerprint density at radius 1 is 1.41 bits per heavy atom. The number of aromatic nitrogens is 1. The number of carbonyl (C=O) groups is 1. The summed E-state index contributed by atoms with van der Waals surface area (Å²) in [6, 6.07) is 4.40. The molecule has 1 unspecified atom stereocenters. The van der Waals surface area contributed by atoms with Crippen LogP contribution >= 0.6 is 15.9 Å². The summed E-state index contributed by atoms with van der Waals surface area (Å²) in [5.74, 6) is 0.162. The Morgan fingerprint density at radius 2 is 2.06 bits per heavy atom. The van der Waals surface area contributed by atoms with Gasteiger partial charge in [0.25, 0.3) is 0 Å². The van der Waals surface area contributed by atoms with E-state index in [1.54, 1.807) is 0 Å². The van der Waals surface area contributed by atoms with Crippen LogP contribution in [0.1, 0.15) is 38.2 Å². The summed E-state index contributed by atoms with van der Waals surface area (Å²) in [7, 11) is 0. The molecule has 94 valence electrons. The second-order valence-corrected chi connectivity index (χ2v) is 7.18. The van der Waals surface area contributed by atoms with Crippen molar-refractivity contribution in [1.82, 2.24) is 9.47 Å². The summed E-state index contributed by atoms with van der Waals surface area (Å²) >= 11 is 3.45. The first-order chi connectivity index (χ1) is 7.82. The van der Waals surface area contributed by atoms with Crippen LogP contribution in [0.5, 0.6) is 0 Å². The number of aryl methyl sites for hydroxylation is 1. The third kappa shape index (κ3) is 2.15. The van der Waals surface area contributed by atoms with Gasteiger partial charge in [0, 0.05) is 24.5 Å². The van der Waals surface area contributed by atoms with Crippen molar-refractivity contribution in [3.8, 4) is 0 Å². The molecule has 1 amide bonds. The monoisotopic (exact) mass is 298 g/mol. The number of amides is 1. The highest BCUT2D eigenvalue weighted by Crippen LogP contribution is 2.31. The van der Waals surface area contributed by atoms with Gasteiger partial charge < -0.3 is 9.47 Å². The highest BCUT2D eigenvalue weighted by atomic mass is 79.9. The molecule has 3 nitrogen and oxygen atoms in total. The van der Waals surface area contributed by atoms with E-state index in [-0.39, 0.29) is 11.9 Å². The molecular weight excluding hydrogens is 280 g/mol. The molecule has 0 radical (unpaired) electrons. The maximum absolute atomic E-state index is 12.3. The number of rotatable bonds is 1. The Balaban J connectivity index is 2.29. The minimum Gasteiger partial charge on any atom is -0.345 e. The van der Waals surface area contributed by atoms with Crippen molar-refractivity contribution < 1.29 is 4.79 Å². The lowest BCUT2D eigenvalue weighted by molar-refractivity contribution is -0.136. The van der Waals surface area contributed by atoms with E-state index in [2.05, 4.69) is 46.5 Å². The van der Waals surface area contributed by atoms with Gasteiger partial charge in [-0.15, -0.1) is 0 Å². The molecule has 17 heavy (non-hydrogen) atoms. The zero-order chi connectivity index (χ0) is 12.8. The lowest BCUT2D eigenvalue weighted by atomic mass is 10.1. The van der Waals surface area contributed by atoms with Gasteiger partial charge in [-0.25, -0.2) is 0 Å². The van der Waals surface area contributed by atoms with Crippen molar-refractivity contribution in [3.05, 3.63) is 23.5 Å². The largest absolute Gasteiger partial charge is 0.345 e. The zero-order valence-corrected chi connectivity index (χ0v) is 12.4. The lowest BCUT2D eigenvalue weighted by Crippen LogP contribution is -2.47. The highest BCUT2D eigenvalue weighted by Gasteiger charge is 2.35. The standard InChI is InChI=1S/C13H19BrN2O/c1-9-5-6-11-10(2)16(8-7-15(9)11)12(17)13(3,4)14/h5-6,10H,7-8H2,1-4H3. The quantitative estimate of drug-likeness (QED) is 0.732. The van der Waals surface area contributed by atoms with Crippen molar-refractivity contribution in [2.24, 2.45) is 0 Å². The predicted molar refractivity (Wildman–Crippen MR) is 72.3 cm³/mol. The summed E-state index contributed by atoms with van der Waals surface area (Å²) in [5, 5.41) is 0. The molecule has 1 aliphatic rings. The minimum atomic E-state index is -0.481. The molecule has 0 aliphatic carbocycles. The Bertz CT molecular complexity index is 445. The van der Waals surface area contributed by atoms with Crippen LogP contribution in [0.3, 0.4) is 0 Å². The normalized spacial score (nSPS) is 20.3. The predicted octanol–water partition coefficient (Wildman–Crippen LogP) is 2.87. The molecule has 0 N–H and O–H groups in total. The molecule has 2 rings (SSSR count). The van der Waals surface area contributed by atoms with Gasteiger partial charge in [-0.3, -0.25) is 4.79 Å². The van der Waals surface area contributed by atoms with E-state index in [1.165, 1.54) is 11.4 Å². The van der Waals surface area contributed by atoms with Gasteiger partial charge in [-0.1, -0.05) is 15.9 Å². The number of halogens is 1. The van der Waals surface area contributed by atoms with E-state index >= 15 is 0 Å².